The van der Waals surface area contributed by atoms with Crippen LogP contribution in [-0.2, 0) is 12.8 Å². The van der Waals surface area contributed by atoms with Crippen LogP contribution in [0.2, 0.25) is 0 Å². The lowest BCUT2D eigenvalue weighted by Crippen LogP contribution is -2.17. The normalized spacial score (nSPS) is 12.8. The van der Waals surface area contributed by atoms with Crippen LogP contribution < -0.4 is 11.5 Å². The predicted octanol–water partition coefficient (Wildman–Crippen LogP) is 1.08. The summed E-state index contributed by atoms with van der Waals surface area (Å²) in [5, 5.41) is 0. The fraction of sp³-hybridized carbons (Fsp3) is 0.455. The molecule has 1 aromatic carbocycles. The van der Waals surface area contributed by atoms with Gasteiger partial charge in [0, 0.05) is 6.04 Å². The van der Waals surface area contributed by atoms with E-state index in [4.69, 9.17) is 11.5 Å². The molecule has 0 fully saturated rings. The minimum Gasteiger partial charge on any atom is -0.330 e. The molecule has 0 aliphatic carbocycles. The number of rotatable bonds is 4. The Balaban J connectivity index is 2.59. The lowest BCUT2D eigenvalue weighted by atomic mass is 10.0. The van der Waals surface area contributed by atoms with Gasteiger partial charge in [-0.1, -0.05) is 24.3 Å². The second kappa shape index (κ2) is 5.00. The summed E-state index contributed by atoms with van der Waals surface area (Å²) >= 11 is 0. The first-order valence-electron chi connectivity index (χ1n) is 4.76. The minimum atomic E-state index is 0.236. The SMILES string of the molecule is C[C@@H](N)Cc1ccc(CCN)cc1. The smallest absolute Gasteiger partial charge is 0.00509 e. The van der Waals surface area contributed by atoms with Crippen molar-refractivity contribution in [2.75, 3.05) is 6.54 Å². The molecule has 0 bridgehead atoms. The zero-order valence-electron chi connectivity index (χ0n) is 8.16. The van der Waals surface area contributed by atoms with Gasteiger partial charge in [0.05, 0.1) is 0 Å². The largest absolute Gasteiger partial charge is 0.330 e. The van der Waals surface area contributed by atoms with Crippen LogP contribution in [0, 0.1) is 0 Å². The van der Waals surface area contributed by atoms with Gasteiger partial charge in [0.15, 0.2) is 0 Å². The summed E-state index contributed by atoms with van der Waals surface area (Å²) in [6.07, 6.45) is 1.90. The molecule has 0 aliphatic rings. The van der Waals surface area contributed by atoms with Crippen LogP contribution in [0.4, 0.5) is 0 Å². The molecule has 4 N–H and O–H groups in total. The van der Waals surface area contributed by atoms with Gasteiger partial charge in [-0.05, 0) is 37.4 Å². The van der Waals surface area contributed by atoms with E-state index in [9.17, 15) is 0 Å². The van der Waals surface area contributed by atoms with E-state index >= 15 is 0 Å². The summed E-state index contributed by atoms with van der Waals surface area (Å²) < 4.78 is 0. The maximum absolute atomic E-state index is 5.70. The molecule has 0 saturated heterocycles. The zero-order valence-corrected chi connectivity index (χ0v) is 8.16. The molecule has 1 rings (SSSR count). The molecule has 0 saturated carbocycles. The molecule has 2 nitrogen and oxygen atoms in total. The van der Waals surface area contributed by atoms with Crippen LogP contribution in [0.3, 0.4) is 0 Å². The molecule has 2 heteroatoms. The molecule has 72 valence electrons. The average Bonchev–Trinajstić information content (AvgIpc) is 2.08. The molecule has 13 heavy (non-hydrogen) atoms. The lowest BCUT2D eigenvalue weighted by molar-refractivity contribution is 0.737. The van der Waals surface area contributed by atoms with Crippen molar-refractivity contribution in [3.63, 3.8) is 0 Å². The van der Waals surface area contributed by atoms with Crippen molar-refractivity contribution < 1.29 is 0 Å². The second-order valence-corrected chi connectivity index (χ2v) is 3.54. The van der Waals surface area contributed by atoms with E-state index in [0.717, 1.165) is 12.8 Å². The lowest BCUT2D eigenvalue weighted by Gasteiger charge is -2.05. The zero-order chi connectivity index (χ0) is 9.68. The van der Waals surface area contributed by atoms with E-state index in [2.05, 4.69) is 24.3 Å². The first-order valence-corrected chi connectivity index (χ1v) is 4.76. The summed E-state index contributed by atoms with van der Waals surface area (Å²) in [6.45, 7) is 2.74. The fourth-order valence-electron chi connectivity index (χ4n) is 1.38. The van der Waals surface area contributed by atoms with E-state index in [1.165, 1.54) is 11.1 Å². The standard InChI is InChI=1S/C11H18N2/c1-9(13)8-11-4-2-10(3-5-11)6-7-12/h2-5,9H,6-8,12-13H2,1H3/t9-/m1/s1. The van der Waals surface area contributed by atoms with Crippen LogP contribution >= 0.6 is 0 Å². The van der Waals surface area contributed by atoms with Crippen LogP contribution in [0.5, 0.6) is 0 Å². The van der Waals surface area contributed by atoms with Crippen LogP contribution in [0.1, 0.15) is 18.1 Å². The van der Waals surface area contributed by atoms with E-state index in [0.29, 0.717) is 6.54 Å². The van der Waals surface area contributed by atoms with Gasteiger partial charge in [0.2, 0.25) is 0 Å². The fourth-order valence-corrected chi connectivity index (χ4v) is 1.38. The summed E-state index contributed by atoms with van der Waals surface area (Å²) in [5.41, 5.74) is 13.8. The Morgan fingerprint density at radius 2 is 1.69 bits per heavy atom. The molecule has 0 aliphatic heterocycles. The Morgan fingerprint density at radius 1 is 1.15 bits per heavy atom. The quantitative estimate of drug-likeness (QED) is 0.725. The highest BCUT2D eigenvalue weighted by Gasteiger charge is 1.97. The van der Waals surface area contributed by atoms with E-state index in [1.54, 1.807) is 0 Å². The maximum atomic E-state index is 5.70. The second-order valence-electron chi connectivity index (χ2n) is 3.54. The van der Waals surface area contributed by atoms with Crippen LogP contribution in [0.15, 0.2) is 24.3 Å². The predicted molar refractivity (Wildman–Crippen MR) is 56.6 cm³/mol. The Morgan fingerprint density at radius 3 is 2.15 bits per heavy atom. The van der Waals surface area contributed by atoms with Gasteiger partial charge in [-0.3, -0.25) is 0 Å². The first-order chi connectivity index (χ1) is 6.22. The number of hydrogen-bond donors (Lipinski definition) is 2. The monoisotopic (exact) mass is 178 g/mol. The molecule has 0 radical (unpaired) electrons. The maximum Gasteiger partial charge on any atom is 0.00509 e. The first kappa shape index (κ1) is 10.2. The molecule has 0 aromatic heterocycles. The Bertz CT molecular complexity index is 239. The molecule has 0 heterocycles. The van der Waals surface area contributed by atoms with Crippen molar-refractivity contribution in [2.45, 2.75) is 25.8 Å². The summed E-state index contributed by atoms with van der Waals surface area (Å²) in [7, 11) is 0. The van der Waals surface area contributed by atoms with Gasteiger partial charge in [0.1, 0.15) is 0 Å². The topological polar surface area (TPSA) is 52.0 Å². The van der Waals surface area contributed by atoms with E-state index in [-0.39, 0.29) is 6.04 Å². The Kier molecular flexibility index (Phi) is 3.93. The molecule has 0 amide bonds. The molecule has 1 atom stereocenters. The van der Waals surface area contributed by atoms with Gasteiger partial charge in [-0.2, -0.15) is 0 Å². The van der Waals surface area contributed by atoms with E-state index < -0.39 is 0 Å². The molecule has 1 aromatic rings. The number of benzene rings is 1. The van der Waals surface area contributed by atoms with Crippen molar-refractivity contribution >= 4 is 0 Å². The average molecular weight is 178 g/mol. The highest BCUT2D eigenvalue weighted by atomic mass is 14.6. The van der Waals surface area contributed by atoms with Crippen LogP contribution in [-0.4, -0.2) is 12.6 Å². The van der Waals surface area contributed by atoms with Crippen molar-refractivity contribution in [3.05, 3.63) is 35.4 Å². The summed E-state index contributed by atoms with van der Waals surface area (Å²) in [6, 6.07) is 8.76. The summed E-state index contributed by atoms with van der Waals surface area (Å²) in [5.74, 6) is 0. The van der Waals surface area contributed by atoms with Gasteiger partial charge >= 0.3 is 0 Å². The Hall–Kier alpha value is -0.860. The third-order valence-corrected chi connectivity index (χ3v) is 2.01. The summed E-state index contributed by atoms with van der Waals surface area (Å²) in [4.78, 5) is 0. The Labute approximate surface area is 79.9 Å². The van der Waals surface area contributed by atoms with Crippen molar-refractivity contribution in [1.82, 2.24) is 0 Å². The van der Waals surface area contributed by atoms with Crippen molar-refractivity contribution in [1.29, 1.82) is 0 Å². The molecular formula is C11H18N2. The highest BCUT2D eigenvalue weighted by molar-refractivity contribution is 5.23. The van der Waals surface area contributed by atoms with Crippen molar-refractivity contribution in [2.24, 2.45) is 11.5 Å². The molecular weight excluding hydrogens is 160 g/mol. The highest BCUT2D eigenvalue weighted by Crippen LogP contribution is 2.06. The van der Waals surface area contributed by atoms with Crippen LogP contribution in [0.25, 0.3) is 0 Å². The van der Waals surface area contributed by atoms with E-state index in [1.807, 2.05) is 6.92 Å². The number of nitrogens with two attached hydrogens (primary N) is 2. The van der Waals surface area contributed by atoms with Gasteiger partial charge in [-0.15, -0.1) is 0 Å². The third-order valence-electron chi connectivity index (χ3n) is 2.01. The van der Waals surface area contributed by atoms with Gasteiger partial charge in [-0.25, -0.2) is 0 Å². The minimum absolute atomic E-state index is 0.236. The van der Waals surface area contributed by atoms with Gasteiger partial charge in [0.25, 0.3) is 0 Å². The molecule has 0 unspecified atom stereocenters. The van der Waals surface area contributed by atoms with Gasteiger partial charge < -0.3 is 11.5 Å². The number of hydrogen-bond acceptors (Lipinski definition) is 2. The van der Waals surface area contributed by atoms with Crippen molar-refractivity contribution in [3.8, 4) is 0 Å². The molecule has 0 spiro atoms. The third kappa shape index (κ3) is 3.57.